The third-order valence-electron chi connectivity index (χ3n) is 2.25. The zero-order chi connectivity index (χ0) is 13.9. The Labute approximate surface area is 114 Å². The summed E-state index contributed by atoms with van der Waals surface area (Å²) in [5, 5.41) is 8.66. The summed E-state index contributed by atoms with van der Waals surface area (Å²) in [5.41, 5.74) is 0.468. The van der Waals surface area contributed by atoms with Gasteiger partial charge in [-0.15, -0.1) is 11.3 Å². The molecule has 100 valence electrons. The van der Waals surface area contributed by atoms with Crippen LogP contribution in [0.25, 0.3) is 0 Å². The summed E-state index contributed by atoms with van der Waals surface area (Å²) in [4.78, 5) is 11.1. The van der Waals surface area contributed by atoms with E-state index in [1.807, 2.05) is 0 Å². The molecular formula is C12H11NO4S2. The lowest BCUT2D eigenvalue weighted by Crippen LogP contribution is -2.11. The third kappa shape index (κ3) is 3.55. The number of para-hydroxylation sites is 1. The van der Waals surface area contributed by atoms with E-state index < -0.39 is 16.0 Å². The molecule has 0 amide bonds. The summed E-state index contributed by atoms with van der Waals surface area (Å²) >= 11 is 0.956. The Morgan fingerprint density at radius 3 is 2.47 bits per heavy atom. The Morgan fingerprint density at radius 1 is 1.16 bits per heavy atom. The maximum Gasteiger partial charge on any atom is 0.308 e. The molecule has 0 unspecified atom stereocenters. The van der Waals surface area contributed by atoms with Crippen molar-refractivity contribution in [2.75, 3.05) is 4.72 Å². The summed E-state index contributed by atoms with van der Waals surface area (Å²) in [5.74, 6) is -0.984. The molecule has 0 saturated carbocycles. The van der Waals surface area contributed by atoms with Crippen molar-refractivity contribution >= 4 is 33.0 Å². The first-order valence-electron chi connectivity index (χ1n) is 5.36. The molecule has 0 radical (unpaired) electrons. The van der Waals surface area contributed by atoms with Crippen molar-refractivity contribution in [1.29, 1.82) is 0 Å². The minimum absolute atomic E-state index is 0.104. The minimum Gasteiger partial charge on any atom is -0.481 e. The average molecular weight is 297 g/mol. The van der Waals surface area contributed by atoms with Crippen LogP contribution in [-0.4, -0.2) is 19.5 Å². The molecule has 0 atom stereocenters. The van der Waals surface area contributed by atoms with Crippen molar-refractivity contribution in [1.82, 2.24) is 0 Å². The SMILES string of the molecule is O=C(O)Cc1ccc(S(=O)(=O)Nc2ccccc2)s1. The van der Waals surface area contributed by atoms with Crippen LogP contribution in [0.5, 0.6) is 0 Å². The number of carboxylic acids is 1. The van der Waals surface area contributed by atoms with E-state index in [0.29, 0.717) is 10.6 Å². The lowest BCUT2D eigenvalue weighted by molar-refractivity contribution is -0.136. The highest BCUT2D eigenvalue weighted by Crippen LogP contribution is 2.24. The number of thiophene rings is 1. The molecule has 2 rings (SSSR count). The van der Waals surface area contributed by atoms with Crippen LogP contribution in [0.3, 0.4) is 0 Å². The number of benzene rings is 1. The number of carbonyl (C=O) groups is 1. The van der Waals surface area contributed by atoms with Gasteiger partial charge >= 0.3 is 5.97 Å². The van der Waals surface area contributed by atoms with Crippen molar-refractivity contribution in [3.05, 3.63) is 47.3 Å². The van der Waals surface area contributed by atoms with E-state index in [9.17, 15) is 13.2 Å². The van der Waals surface area contributed by atoms with E-state index in [1.165, 1.54) is 12.1 Å². The van der Waals surface area contributed by atoms with Crippen LogP contribution >= 0.6 is 11.3 Å². The second-order valence-electron chi connectivity index (χ2n) is 3.76. The molecule has 19 heavy (non-hydrogen) atoms. The zero-order valence-corrected chi connectivity index (χ0v) is 11.4. The average Bonchev–Trinajstić information content (AvgIpc) is 2.78. The topological polar surface area (TPSA) is 83.5 Å². The van der Waals surface area contributed by atoms with Gasteiger partial charge in [-0.05, 0) is 24.3 Å². The molecule has 0 aliphatic carbocycles. The summed E-state index contributed by atoms with van der Waals surface area (Å²) < 4.78 is 26.6. The van der Waals surface area contributed by atoms with Crippen LogP contribution in [0.1, 0.15) is 4.88 Å². The first kappa shape index (κ1) is 13.6. The van der Waals surface area contributed by atoms with Crippen LogP contribution < -0.4 is 4.72 Å². The second kappa shape index (κ2) is 5.41. The van der Waals surface area contributed by atoms with Crippen molar-refractivity contribution in [2.45, 2.75) is 10.6 Å². The van der Waals surface area contributed by atoms with Crippen molar-refractivity contribution in [3.8, 4) is 0 Å². The fourth-order valence-corrected chi connectivity index (χ4v) is 3.86. The first-order chi connectivity index (χ1) is 8.97. The predicted octanol–water partition coefficient (Wildman–Crippen LogP) is 2.18. The van der Waals surface area contributed by atoms with Crippen LogP contribution in [0.4, 0.5) is 5.69 Å². The lowest BCUT2D eigenvalue weighted by Gasteiger charge is -2.05. The number of anilines is 1. The molecule has 0 aliphatic heterocycles. The van der Waals surface area contributed by atoms with Gasteiger partial charge in [0.25, 0.3) is 10.0 Å². The van der Waals surface area contributed by atoms with Crippen LogP contribution in [-0.2, 0) is 21.2 Å². The van der Waals surface area contributed by atoms with E-state index in [-0.39, 0.29) is 10.6 Å². The fourth-order valence-electron chi connectivity index (χ4n) is 1.46. The molecule has 0 aliphatic rings. The predicted molar refractivity (Wildman–Crippen MR) is 72.9 cm³/mol. The Morgan fingerprint density at radius 2 is 1.84 bits per heavy atom. The van der Waals surface area contributed by atoms with Crippen molar-refractivity contribution in [3.63, 3.8) is 0 Å². The number of rotatable bonds is 5. The monoisotopic (exact) mass is 297 g/mol. The maximum atomic E-state index is 12.1. The molecule has 2 N–H and O–H groups in total. The molecule has 1 aromatic carbocycles. The van der Waals surface area contributed by atoms with Gasteiger partial charge in [-0.25, -0.2) is 8.42 Å². The summed E-state index contributed by atoms with van der Waals surface area (Å²) in [6, 6.07) is 11.4. The molecule has 0 bridgehead atoms. The molecular weight excluding hydrogens is 286 g/mol. The van der Waals surface area contributed by atoms with E-state index >= 15 is 0 Å². The standard InChI is InChI=1S/C12H11NO4S2/c14-11(15)8-10-6-7-12(18-10)19(16,17)13-9-4-2-1-3-5-9/h1-7,13H,8H2,(H,14,15). The molecule has 2 aromatic rings. The van der Waals surface area contributed by atoms with Gasteiger partial charge in [0, 0.05) is 10.6 Å². The van der Waals surface area contributed by atoms with E-state index in [1.54, 1.807) is 30.3 Å². The van der Waals surface area contributed by atoms with E-state index in [0.717, 1.165) is 11.3 Å². The zero-order valence-electron chi connectivity index (χ0n) is 9.74. The Hall–Kier alpha value is -1.86. The number of sulfonamides is 1. The highest BCUT2D eigenvalue weighted by molar-refractivity contribution is 7.94. The van der Waals surface area contributed by atoms with E-state index in [4.69, 9.17) is 5.11 Å². The van der Waals surface area contributed by atoms with Gasteiger partial charge in [-0.3, -0.25) is 9.52 Å². The van der Waals surface area contributed by atoms with Gasteiger partial charge in [0.1, 0.15) is 4.21 Å². The molecule has 1 aromatic heterocycles. The van der Waals surface area contributed by atoms with Gasteiger partial charge in [0.2, 0.25) is 0 Å². The molecule has 0 fully saturated rings. The molecule has 5 nitrogen and oxygen atoms in total. The highest BCUT2D eigenvalue weighted by Gasteiger charge is 2.17. The third-order valence-corrected chi connectivity index (χ3v) is 5.21. The van der Waals surface area contributed by atoms with Gasteiger partial charge in [-0.2, -0.15) is 0 Å². The van der Waals surface area contributed by atoms with E-state index in [2.05, 4.69) is 4.72 Å². The number of nitrogens with one attached hydrogen (secondary N) is 1. The van der Waals surface area contributed by atoms with Gasteiger partial charge < -0.3 is 5.11 Å². The normalized spacial score (nSPS) is 11.2. The largest absolute Gasteiger partial charge is 0.481 e. The van der Waals surface area contributed by atoms with Crippen LogP contribution in [0.15, 0.2) is 46.7 Å². The number of aliphatic carboxylic acids is 1. The van der Waals surface area contributed by atoms with Crippen LogP contribution in [0.2, 0.25) is 0 Å². The number of hydrogen-bond acceptors (Lipinski definition) is 4. The maximum absolute atomic E-state index is 12.1. The van der Waals surface area contributed by atoms with Crippen molar-refractivity contribution < 1.29 is 18.3 Å². The van der Waals surface area contributed by atoms with Crippen molar-refractivity contribution in [2.24, 2.45) is 0 Å². The van der Waals surface area contributed by atoms with Gasteiger partial charge in [0.15, 0.2) is 0 Å². The fraction of sp³-hybridized carbons (Fsp3) is 0.0833. The summed E-state index contributed by atoms with van der Waals surface area (Å²) in [6.45, 7) is 0. The second-order valence-corrected chi connectivity index (χ2v) is 6.84. The molecule has 7 heteroatoms. The molecule has 0 saturated heterocycles. The summed E-state index contributed by atoms with van der Waals surface area (Å²) in [6.07, 6.45) is -0.175. The molecule has 1 heterocycles. The minimum atomic E-state index is -3.65. The Balaban J connectivity index is 2.20. The number of hydrogen-bond donors (Lipinski definition) is 2. The Kier molecular flexibility index (Phi) is 3.87. The quantitative estimate of drug-likeness (QED) is 0.886. The smallest absolute Gasteiger partial charge is 0.308 e. The van der Waals surface area contributed by atoms with Gasteiger partial charge in [0.05, 0.1) is 6.42 Å². The van der Waals surface area contributed by atoms with Gasteiger partial charge in [-0.1, -0.05) is 18.2 Å². The number of carboxylic acid groups (broad SMARTS) is 1. The van der Waals surface area contributed by atoms with Crippen LogP contribution in [0, 0.1) is 0 Å². The Bertz CT molecular complexity index is 677. The lowest BCUT2D eigenvalue weighted by atomic mass is 10.3. The molecule has 0 spiro atoms. The first-order valence-corrected chi connectivity index (χ1v) is 7.66. The summed E-state index contributed by atoms with van der Waals surface area (Å²) in [7, 11) is -3.65. The highest BCUT2D eigenvalue weighted by atomic mass is 32.2.